The lowest BCUT2D eigenvalue weighted by atomic mass is 9.92. The average molecular weight is 467 g/mol. The minimum absolute atomic E-state index is 0.0600. The summed E-state index contributed by atoms with van der Waals surface area (Å²) in [6, 6.07) is 10.6. The number of fused-ring (bicyclic) bond motifs is 1. The SMILES string of the molecule is O=C(CN1CCC(O)(COc2ccc(Cl)c(Cl)c2)CC1)NCc1ccc2c(c1)OCO2. The number of nitrogens with zero attached hydrogens (tertiary/aromatic N) is 1. The van der Waals surface area contributed by atoms with Crippen molar-refractivity contribution in [2.45, 2.75) is 25.0 Å². The van der Waals surface area contributed by atoms with Gasteiger partial charge in [0, 0.05) is 25.7 Å². The van der Waals surface area contributed by atoms with Crippen LogP contribution in [-0.4, -0.2) is 54.5 Å². The zero-order valence-electron chi connectivity index (χ0n) is 16.9. The van der Waals surface area contributed by atoms with E-state index in [0.717, 1.165) is 11.3 Å². The molecular formula is C22H24Cl2N2O5. The Labute approximate surface area is 190 Å². The van der Waals surface area contributed by atoms with Gasteiger partial charge in [-0.1, -0.05) is 29.3 Å². The van der Waals surface area contributed by atoms with Gasteiger partial charge >= 0.3 is 0 Å². The number of piperidine rings is 1. The van der Waals surface area contributed by atoms with Crippen molar-refractivity contribution >= 4 is 29.1 Å². The molecule has 31 heavy (non-hydrogen) atoms. The topological polar surface area (TPSA) is 80.3 Å². The van der Waals surface area contributed by atoms with Crippen LogP contribution in [-0.2, 0) is 11.3 Å². The van der Waals surface area contributed by atoms with E-state index in [9.17, 15) is 9.90 Å². The van der Waals surface area contributed by atoms with Gasteiger partial charge in [-0.25, -0.2) is 0 Å². The van der Waals surface area contributed by atoms with Crippen molar-refractivity contribution in [3.8, 4) is 17.2 Å². The highest BCUT2D eigenvalue weighted by molar-refractivity contribution is 6.42. The molecule has 1 fully saturated rings. The van der Waals surface area contributed by atoms with Crippen LogP contribution >= 0.6 is 23.2 Å². The molecule has 1 amide bonds. The Morgan fingerprint density at radius 3 is 2.65 bits per heavy atom. The van der Waals surface area contributed by atoms with Crippen LogP contribution in [0.1, 0.15) is 18.4 Å². The zero-order chi connectivity index (χ0) is 21.8. The number of hydrogen-bond donors (Lipinski definition) is 2. The van der Waals surface area contributed by atoms with E-state index < -0.39 is 5.60 Å². The lowest BCUT2D eigenvalue weighted by molar-refractivity contribution is -0.124. The fourth-order valence-corrected chi connectivity index (χ4v) is 3.85. The number of nitrogens with one attached hydrogen (secondary N) is 1. The molecule has 7 nitrogen and oxygen atoms in total. The molecule has 2 aromatic rings. The Kier molecular flexibility index (Phi) is 6.77. The van der Waals surface area contributed by atoms with Crippen LogP contribution in [0.5, 0.6) is 17.2 Å². The summed E-state index contributed by atoms with van der Waals surface area (Å²) in [4.78, 5) is 14.4. The lowest BCUT2D eigenvalue weighted by Gasteiger charge is -2.37. The van der Waals surface area contributed by atoms with E-state index in [4.69, 9.17) is 37.4 Å². The summed E-state index contributed by atoms with van der Waals surface area (Å²) in [6.07, 6.45) is 1.04. The molecule has 2 aliphatic heterocycles. The number of halogens is 2. The number of likely N-dealkylation sites (tertiary alicyclic amines) is 1. The third kappa shape index (κ3) is 5.74. The zero-order valence-corrected chi connectivity index (χ0v) is 18.4. The first-order valence-electron chi connectivity index (χ1n) is 10.1. The second kappa shape index (κ2) is 9.53. The number of benzene rings is 2. The van der Waals surface area contributed by atoms with Gasteiger partial charge in [-0.2, -0.15) is 0 Å². The molecule has 0 spiro atoms. The summed E-state index contributed by atoms with van der Waals surface area (Å²) in [5.41, 5.74) is 0.0102. The molecule has 1 saturated heterocycles. The Morgan fingerprint density at radius 2 is 1.87 bits per heavy atom. The van der Waals surface area contributed by atoms with Crippen molar-refractivity contribution < 1.29 is 24.1 Å². The number of carbonyl (C=O) groups is 1. The Balaban J connectivity index is 1.19. The van der Waals surface area contributed by atoms with Crippen LogP contribution in [0.15, 0.2) is 36.4 Å². The summed E-state index contributed by atoms with van der Waals surface area (Å²) in [7, 11) is 0. The molecule has 2 aliphatic rings. The van der Waals surface area contributed by atoms with Crippen molar-refractivity contribution in [2.75, 3.05) is 33.0 Å². The van der Waals surface area contributed by atoms with Crippen molar-refractivity contribution in [1.82, 2.24) is 10.2 Å². The van der Waals surface area contributed by atoms with Gasteiger partial charge in [0.15, 0.2) is 11.5 Å². The van der Waals surface area contributed by atoms with Crippen LogP contribution in [0.4, 0.5) is 0 Å². The predicted molar refractivity (Wildman–Crippen MR) is 117 cm³/mol. The third-order valence-corrected chi connectivity index (χ3v) is 6.22. The number of hydrogen-bond acceptors (Lipinski definition) is 6. The molecule has 0 atom stereocenters. The molecule has 2 heterocycles. The molecule has 4 rings (SSSR count). The fraction of sp³-hybridized carbons (Fsp3) is 0.409. The second-order valence-corrected chi connectivity index (χ2v) is 8.64. The first-order chi connectivity index (χ1) is 14.9. The summed E-state index contributed by atoms with van der Waals surface area (Å²) < 4.78 is 16.4. The van der Waals surface area contributed by atoms with Gasteiger partial charge in [0.2, 0.25) is 12.7 Å². The van der Waals surface area contributed by atoms with Gasteiger partial charge in [-0.15, -0.1) is 0 Å². The second-order valence-electron chi connectivity index (χ2n) is 7.83. The van der Waals surface area contributed by atoms with E-state index in [-0.39, 0.29) is 25.9 Å². The van der Waals surface area contributed by atoms with Crippen LogP contribution in [0.25, 0.3) is 0 Å². The lowest BCUT2D eigenvalue weighted by Crippen LogP contribution is -2.50. The Hall–Kier alpha value is -2.19. The predicted octanol–water partition coefficient (Wildman–Crippen LogP) is 3.24. The molecular weight excluding hydrogens is 443 g/mol. The van der Waals surface area contributed by atoms with E-state index in [1.54, 1.807) is 18.2 Å². The molecule has 0 aliphatic carbocycles. The number of rotatable bonds is 7. The van der Waals surface area contributed by atoms with Gasteiger partial charge in [0.05, 0.1) is 16.6 Å². The maximum absolute atomic E-state index is 12.3. The summed E-state index contributed by atoms with van der Waals surface area (Å²) in [5.74, 6) is 1.92. The van der Waals surface area contributed by atoms with E-state index in [0.29, 0.717) is 54.0 Å². The Morgan fingerprint density at radius 1 is 1.10 bits per heavy atom. The standard InChI is InChI=1S/C22H24Cl2N2O5/c23-17-3-2-16(10-18(17)24)29-13-22(28)5-7-26(8-6-22)12-21(27)25-11-15-1-4-19-20(9-15)31-14-30-19/h1-4,9-10,28H,5-8,11-14H2,(H,25,27). The van der Waals surface area contributed by atoms with Gasteiger partial charge in [-0.05, 0) is 42.7 Å². The maximum atomic E-state index is 12.3. The summed E-state index contributed by atoms with van der Waals surface area (Å²) in [6.45, 7) is 2.32. The fourth-order valence-electron chi connectivity index (χ4n) is 3.57. The normalized spacial score (nSPS) is 17.4. The van der Waals surface area contributed by atoms with Crippen LogP contribution in [0.2, 0.25) is 10.0 Å². The van der Waals surface area contributed by atoms with Gasteiger partial charge in [-0.3, -0.25) is 9.69 Å². The number of aliphatic hydroxyl groups is 1. The molecule has 0 unspecified atom stereocenters. The Bertz CT molecular complexity index is 947. The molecule has 0 radical (unpaired) electrons. The van der Waals surface area contributed by atoms with Gasteiger partial charge in [0.25, 0.3) is 0 Å². The first-order valence-corrected chi connectivity index (χ1v) is 10.8. The molecule has 2 aromatic carbocycles. The van der Waals surface area contributed by atoms with Crippen molar-refractivity contribution in [3.63, 3.8) is 0 Å². The van der Waals surface area contributed by atoms with Crippen LogP contribution in [0, 0.1) is 0 Å². The number of amides is 1. The molecule has 0 saturated carbocycles. The highest BCUT2D eigenvalue weighted by Crippen LogP contribution is 2.32. The summed E-state index contributed by atoms with van der Waals surface area (Å²) in [5, 5.41) is 14.6. The maximum Gasteiger partial charge on any atom is 0.234 e. The van der Waals surface area contributed by atoms with Crippen molar-refractivity contribution in [2.24, 2.45) is 0 Å². The minimum atomic E-state index is -0.939. The van der Waals surface area contributed by atoms with Crippen LogP contribution < -0.4 is 19.5 Å². The average Bonchev–Trinajstić information content (AvgIpc) is 3.23. The summed E-state index contributed by atoms with van der Waals surface area (Å²) >= 11 is 11.9. The van der Waals surface area contributed by atoms with E-state index in [1.807, 2.05) is 23.1 Å². The monoisotopic (exact) mass is 466 g/mol. The van der Waals surface area contributed by atoms with E-state index in [2.05, 4.69) is 5.32 Å². The first kappa shape index (κ1) is 22.0. The van der Waals surface area contributed by atoms with Gasteiger partial charge in [0.1, 0.15) is 18.0 Å². The highest BCUT2D eigenvalue weighted by Gasteiger charge is 2.33. The van der Waals surface area contributed by atoms with Gasteiger partial charge < -0.3 is 24.6 Å². The molecule has 0 aromatic heterocycles. The minimum Gasteiger partial charge on any atom is -0.491 e. The smallest absolute Gasteiger partial charge is 0.234 e. The van der Waals surface area contributed by atoms with E-state index >= 15 is 0 Å². The largest absolute Gasteiger partial charge is 0.491 e. The quantitative estimate of drug-likeness (QED) is 0.651. The molecule has 2 N–H and O–H groups in total. The highest BCUT2D eigenvalue weighted by atomic mass is 35.5. The number of ether oxygens (including phenoxy) is 3. The number of carbonyl (C=O) groups excluding carboxylic acids is 1. The van der Waals surface area contributed by atoms with Crippen molar-refractivity contribution in [1.29, 1.82) is 0 Å². The van der Waals surface area contributed by atoms with Crippen LogP contribution in [0.3, 0.4) is 0 Å². The third-order valence-electron chi connectivity index (χ3n) is 5.48. The van der Waals surface area contributed by atoms with E-state index in [1.165, 1.54) is 0 Å². The van der Waals surface area contributed by atoms with Crippen molar-refractivity contribution in [3.05, 3.63) is 52.0 Å². The molecule has 166 valence electrons. The molecule has 0 bridgehead atoms. The molecule has 9 heteroatoms.